The molecule has 0 atom stereocenters. The Kier molecular flexibility index (Phi) is 5.40. The van der Waals surface area contributed by atoms with Crippen LogP contribution in [0.2, 0.25) is 0 Å². The van der Waals surface area contributed by atoms with Crippen molar-refractivity contribution in [3.63, 3.8) is 0 Å². The highest BCUT2D eigenvalue weighted by atomic mass is 32.1. The average Bonchev–Trinajstić information content (AvgIpc) is 3.16. The second kappa shape index (κ2) is 7.71. The number of nitrogens with zero attached hydrogens (tertiary/aromatic N) is 3. The van der Waals surface area contributed by atoms with Crippen molar-refractivity contribution in [3.8, 4) is 0 Å². The highest BCUT2D eigenvalue weighted by Crippen LogP contribution is 2.22. The molecule has 3 aromatic heterocycles. The smallest absolute Gasteiger partial charge is 0.232 e. The number of aryl methyl sites for hydroxylation is 1. The predicted molar refractivity (Wildman–Crippen MR) is 103 cm³/mol. The molecule has 0 aliphatic rings. The lowest BCUT2D eigenvalue weighted by atomic mass is 10.1. The van der Waals surface area contributed by atoms with Crippen LogP contribution in [-0.2, 0) is 11.2 Å². The van der Waals surface area contributed by atoms with Crippen LogP contribution in [0.5, 0.6) is 0 Å². The number of nitrogens with one attached hydrogen (secondary N) is 2. The first-order valence-corrected chi connectivity index (χ1v) is 9.60. The molecule has 0 aliphatic carbocycles. The van der Waals surface area contributed by atoms with Crippen LogP contribution in [0.15, 0.2) is 29.8 Å². The second-order valence-electron chi connectivity index (χ2n) is 5.87. The molecule has 3 heterocycles. The molecule has 0 spiro atoms. The van der Waals surface area contributed by atoms with Crippen molar-refractivity contribution in [2.75, 3.05) is 10.6 Å². The SMILES string of the molecule is Cc1cnc(NC(=O)Cc2csc(Nc3cccc(C(C)C)n3)n2)s1. The van der Waals surface area contributed by atoms with Gasteiger partial charge in [-0.3, -0.25) is 4.79 Å². The minimum absolute atomic E-state index is 0.119. The minimum atomic E-state index is -0.119. The first-order chi connectivity index (χ1) is 12.0. The van der Waals surface area contributed by atoms with E-state index >= 15 is 0 Å². The molecule has 0 radical (unpaired) electrons. The van der Waals surface area contributed by atoms with Gasteiger partial charge < -0.3 is 10.6 Å². The maximum absolute atomic E-state index is 12.1. The highest BCUT2D eigenvalue weighted by molar-refractivity contribution is 7.15. The van der Waals surface area contributed by atoms with Crippen molar-refractivity contribution in [3.05, 3.63) is 46.0 Å². The molecule has 0 aromatic carbocycles. The zero-order valence-corrected chi connectivity index (χ0v) is 15.9. The minimum Gasteiger partial charge on any atom is -0.316 e. The number of carbonyl (C=O) groups is 1. The van der Waals surface area contributed by atoms with Crippen LogP contribution in [0.25, 0.3) is 0 Å². The molecule has 0 aliphatic heterocycles. The summed E-state index contributed by atoms with van der Waals surface area (Å²) in [7, 11) is 0. The number of anilines is 3. The molecular weight excluding hydrogens is 354 g/mol. The molecule has 0 unspecified atom stereocenters. The van der Waals surface area contributed by atoms with Gasteiger partial charge >= 0.3 is 0 Å². The summed E-state index contributed by atoms with van der Waals surface area (Å²) in [6.45, 7) is 6.17. The molecule has 8 heteroatoms. The fraction of sp³-hybridized carbons (Fsp3) is 0.294. The number of thiazole rings is 2. The van der Waals surface area contributed by atoms with Gasteiger partial charge in [-0.1, -0.05) is 19.9 Å². The lowest BCUT2D eigenvalue weighted by Crippen LogP contribution is -2.14. The maximum Gasteiger partial charge on any atom is 0.232 e. The number of pyridine rings is 1. The number of hydrogen-bond donors (Lipinski definition) is 2. The lowest BCUT2D eigenvalue weighted by Gasteiger charge is -2.07. The van der Waals surface area contributed by atoms with Crippen molar-refractivity contribution in [1.82, 2.24) is 15.0 Å². The predicted octanol–water partition coefficient (Wildman–Crippen LogP) is 4.35. The highest BCUT2D eigenvalue weighted by Gasteiger charge is 2.10. The van der Waals surface area contributed by atoms with Crippen LogP contribution < -0.4 is 10.6 Å². The Morgan fingerprint density at radius 3 is 2.80 bits per heavy atom. The Labute approximate surface area is 154 Å². The van der Waals surface area contributed by atoms with Crippen LogP contribution in [0, 0.1) is 6.92 Å². The standard InChI is InChI=1S/C17H19N5OS2/c1-10(2)13-5-4-6-14(20-13)21-17-19-12(9-24-17)7-15(23)22-16-18-8-11(3)25-16/h4-6,8-10H,7H2,1-3H3,(H,18,22,23)(H,19,20,21). The Morgan fingerprint density at radius 2 is 2.08 bits per heavy atom. The summed E-state index contributed by atoms with van der Waals surface area (Å²) in [4.78, 5) is 26.3. The van der Waals surface area contributed by atoms with E-state index in [0.29, 0.717) is 11.0 Å². The van der Waals surface area contributed by atoms with Gasteiger partial charge in [-0.25, -0.2) is 15.0 Å². The summed E-state index contributed by atoms with van der Waals surface area (Å²) in [6, 6.07) is 5.89. The number of hydrogen-bond acceptors (Lipinski definition) is 7. The number of aromatic nitrogens is 3. The van der Waals surface area contributed by atoms with Crippen LogP contribution >= 0.6 is 22.7 Å². The third kappa shape index (κ3) is 4.83. The van der Waals surface area contributed by atoms with Gasteiger partial charge in [0.05, 0.1) is 12.1 Å². The maximum atomic E-state index is 12.1. The molecule has 6 nitrogen and oxygen atoms in total. The van der Waals surface area contributed by atoms with E-state index in [1.54, 1.807) is 6.20 Å². The molecule has 3 rings (SSSR count). The Bertz CT molecular complexity index is 871. The van der Waals surface area contributed by atoms with Crippen molar-refractivity contribution in [2.24, 2.45) is 0 Å². The van der Waals surface area contributed by atoms with Gasteiger partial charge in [0.15, 0.2) is 10.3 Å². The summed E-state index contributed by atoms with van der Waals surface area (Å²) in [6.07, 6.45) is 1.96. The summed E-state index contributed by atoms with van der Waals surface area (Å²) < 4.78 is 0. The number of carbonyl (C=O) groups excluding carboxylic acids is 1. The van der Waals surface area contributed by atoms with Gasteiger partial charge in [-0.15, -0.1) is 22.7 Å². The quantitative estimate of drug-likeness (QED) is 0.671. The fourth-order valence-electron chi connectivity index (χ4n) is 2.14. The van der Waals surface area contributed by atoms with Gasteiger partial charge in [-0.2, -0.15) is 0 Å². The first kappa shape index (κ1) is 17.5. The van der Waals surface area contributed by atoms with E-state index in [4.69, 9.17) is 0 Å². The Balaban J connectivity index is 1.60. The number of rotatable bonds is 6. The van der Waals surface area contributed by atoms with E-state index in [1.165, 1.54) is 22.7 Å². The van der Waals surface area contributed by atoms with Crippen LogP contribution in [0.1, 0.15) is 36.0 Å². The fourth-order valence-corrected chi connectivity index (χ4v) is 3.54. The monoisotopic (exact) mass is 373 g/mol. The van der Waals surface area contributed by atoms with E-state index in [2.05, 4.69) is 39.4 Å². The van der Waals surface area contributed by atoms with Crippen LogP contribution in [0.3, 0.4) is 0 Å². The lowest BCUT2D eigenvalue weighted by molar-refractivity contribution is -0.115. The van der Waals surface area contributed by atoms with Gasteiger partial charge in [0.2, 0.25) is 5.91 Å². The average molecular weight is 374 g/mol. The summed E-state index contributed by atoms with van der Waals surface area (Å²) >= 11 is 2.91. The van der Waals surface area contributed by atoms with E-state index < -0.39 is 0 Å². The number of amides is 1. The zero-order chi connectivity index (χ0) is 17.8. The van der Waals surface area contributed by atoms with Crippen LogP contribution in [0.4, 0.5) is 16.1 Å². The van der Waals surface area contributed by atoms with Crippen molar-refractivity contribution in [2.45, 2.75) is 33.1 Å². The zero-order valence-electron chi connectivity index (χ0n) is 14.2. The Hall–Kier alpha value is -2.32. The normalized spacial score (nSPS) is 10.9. The molecular formula is C17H19N5OS2. The largest absolute Gasteiger partial charge is 0.316 e. The van der Waals surface area contributed by atoms with Crippen molar-refractivity contribution in [1.29, 1.82) is 0 Å². The summed E-state index contributed by atoms with van der Waals surface area (Å²) in [5.74, 6) is 1.01. The summed E-state index contributed by atoms with van der Waals surface area (Å²) in [5, 5.41) is 9.21. The second-order valence-corrected chi connectivity index (χ2v) is 7.97. The van der Waals surface area contributed by atoms with Crippen molar-refractivity contribution < 1.29 is 4.79 Å². The van der Waals surface area contributed by atoms with E-state index in [-0.39, 0.29) is 12.3 Å². The molecule has 25 heavy (non-hydrogen) atoms. The molecule has 0 fully saturated rings. The van der Waals surface area contributed by atoms with Gasteiger partial charge in [0.25, 0.3) is 0 Å². The first-order valence-electron chi connectivity index (χ1n) is 7.90. The third-order valence-corrected chi connectivity index (χ3v) is 4.99. The molecule has 130 valence electrons. The molecule has 0 bridgehead atoms. The van der Waals surface area contributed by atoms with E-state index in [0.717, 1.165) is 27.2 Å². The molecule has 2 N–H and O–H groups in total. The molecule has 0 saturated heterocycles. The Morgan fingerprint density at radius 1 is 1.24 bits per heavy atom. The van der Waals surface area contributed by atoms with Gasteiger partial charge in [-0.05, 0) is 25.0 Å². The van der Waals surface area contributed by atoms with Gasteiger partial charge in [0.1, 0.15) is 5.82 Å². The van der Waals surface area contributed by atoms with Gasteiger partial charge in [0, 0.05) is 22.1 Å². The topological polar surface area (TPSA) is 79.8 Å². The van der Waals surface area contributed by atoms with E-state index in [9.17, 15) is 4.79 Å². The van der Waals surface area contributed by atoms with Crippen molar-refractivity contribution >= 4 is 44.7 Å². The van der Waals surface area contributed by atoms with E-state index in [1.807, 2.05) is 30.5 Å². The third-order valence-electron chi connectivity index (χ3n) is 3.36. The molecule has 0 saturated carbocycles. The molecule has 1 amide bonds. The van der Waals surface area contributed by atoms with Crippen LogP contribution in [-0.4, -0.2) is 20.9 Å². The summed E-state index contributed by atoms with van der Waals surface area (Å²) in [5.41, 5.74) is 1.75. The molecule has 3 aromatic rings.